The zero-order valence-electron chi connectivity index (χ0n) is 18.4. The van der Waals surface area contributed by atoms with Crippen molar-refractivity contribution in [2.45, 2.75) is 13.0 Å². The molecule has 1 aliphatic rings. The van der Waals surface area contributed by atoms with E-state index in [1.807, 2.05) is 24.3 Å². The fourth-order valence-corrected chi connectivity index (χ4v) is 4.78. The summed E-state index contributed by atoms with van der Waals surface area (Å²) in [5, 5.41) is 2.83. The summed E-state index contributed by atoms with van der Waals surface area (Å²) in [6, 6.07) is 13.3. The van der Waals surface area contributed by atoms with E-state index in [9.17, 15) is 13.2 Å². The third kappa shape index (κ3) is 5.68. The number of benzene rings is 2. The van der Waals surface area contributed by atoms with Crippen LogP contribution in [0.3, 0.4) is 0 Å². The number of anilines is 3. The Balaban J connectivity index is 1.71. The number of likely N-dealkylation sites (N-methyl/N-ethyl adjacent to an activating group) is 1. The molecular formula is C22H30N4O4S. The maximum absolute atomic E-state index is 12.9. The number of sulfonamides is 1. The zero-order valence-corrected chi connectivity index (χ0v) is 19.2. The highest BCUT2D eigenvalue weighted by atomic mass is 32.2. The molecule has 0 aromatic heterocycles. The molecule has 1 aliphatic heterocycles. The van der Waals surface area contributed by atoms with Gasteiger partial charge in [0.15, 0.2) is 0 Å². The normalized spacial score (nSPS) is 15.9. The van der Waals surface area contributed by atoms with Crippen molar-refractivity contribution in [3.05, 3.63) is 48.5 Å². The highest BCUT2D eigenvalue weighted by Crippen LogP contribution is 2.25. The molecule has 1 heterocycles. The average molecular weight is 447 g/mol. The Labute approximate surface area is 184 Å². The molecule has 1 amide bonds. The molecule has 0 unspecified atom stereocenters. The van der Waals surface area contributed by atoms with Crippen molar-refractivity contribution in [3.63, 3.8) is 0 Å². The molecule has 1 saturated heterocycles. The Kier molecular flexibility index (Phi) is 7.07. The summed E-state index contributed by atoms with van der Waals surface area (Å²) < 4.78 is 31.1. The van der Waals surface area contributed by atoms with Crippen molar-refractivity contribution in [1.82, 2.24) is 4.90 Å². The molecular weight excluding hydrogens is 416 g/mol. The summed E-state index contributed by atoms with van der Waals surface area (Å²) in [6.07, 6.45) is 1.09. The number of hydrogen-bond donors (Lipinski definition) is 1. The number of amides is 1. The van der Waals surface area contributed by atoms with Crippen molar-refractivity contribution in [2.24, 2.45) is 0 Å². The van der Waals surface area contributed by atoms with Crippen LogP contribution in [0.15, 0.2) is 48.5 Å². The minimum atomic E-state index is -3.68. The fourth-order valence-electron chi connectivity index (χ4n) is 3.60. The van der Waals surface area contributed by atoms with Crippen LogP contribution in [0.2, 0.25) is 0 Å². The van der Waals surface area contributed by atoms with Crippen LogP contribution in [0.25, 0.3) is 0 Å². The van der Waals surface area contributed by atoms with Crippen molar-refractivity contribution in [2.75, 3.05) is 61.1 Å². The standard InChI is InChI=1S/C22H30N4O4S/c1-17(26(31(4,28)29)20-9-11-21(30-3)12-10-20)22(27)23-18-5-7-19(8-6-18)25-15-13-24(2)14-16-25/h5-12,17H,13-16H2,1-4H3,(H,23,27)/t17-/m1/s1. The second-order valence-electron chi connectivity index (χ2n) is 7.76. The molecule has 0 saturated carbocycles. The average Bonchev–Trinajstić information content (AvgIpc) is 2.74. The molecule has 0 bridgehead atoms. The Morgan fingerprint density at radius 2 is 1.61 bits per heavy atom. The van der Waals surface area contributed by atoms with E-state index in [4.69, 9.17) is 4.74 Å². The molecule has 1 atom stereocenters. The summed E-state index contributed by atoms with van der Waals surface area (Å²) >= 11 is 0. The molecule has 1 N–H and O–H groups in total. The smallest absolute Gasteiger partial charge is 0.247 e. The summed E-state index contributed by atoms with van der Waals surface area (Å²) in [4.78, 5) is 17.5. The van der Waals surface area contributed by atoms with Gasteiger partial charge in [0.05, 0.1) is 19.1 Å². The van der Waals surface area contributed by atoms with Gasteiger partial charge in [-0.1, -0.05) is 0 Å². The number of methoxy groups -OCH3 is 1. The van der Waals surface area contributed by atoms with Crippen LogP contribution in [0, 0.1) is 0 Å². The van der Waals surface area contributed by atoms with Crippen LogP contribution >= 0.6 is 0 Å². The number of carbonyl (C=O) groups excluding carboxylic acids is 1. The lowest BCUT2D eigenvalue weighted by molar-refractivity contribution is -0.116. The predicted octanol–water partition coefficient (Wildman–Crippen LogP) is 2.24. The van der Waals surface area contributed by atoms with Gasteiger partial charge in [-0.3, -0.25) is 9.10 Å². The molecule has 0 radical (unpaired) electrons. The minimum Gasteiger partial charge on any atom is -0.497 e. The summed E-state index contributed by atoms with van der Waals surface area (Å²) in [5.74, 6) is 0.198. The highest BCUT2D eigenvalue weighted by Gasteiger charge is 2.29. The van der Waals surface area contributed by atoms with Crippen LogP contribution in [-0.2, 0) is 14.8 Å². The quantitative estimate of drug-likeness (QED) is 0.703. The fraction of sp³-hybridized carbons (Fsp3) is 0.409. The SMILES string of the molecule is COc1ccc(N([C@H](C)C(=O)Nc2ccc(N3CCN(C)CC3)cc2)S(C)(=O)=O)cc1. The summed E-state index contributed by atoms with van der Waals surface area (Å²) in [7, 11) is -0.0287. The van der Waals surface area contributed by atoms with Crippen LogP contribution in [0.4, 0.5) is 17.1 Å². The molecule has 8 nitrogen and oxygen atoms in total. The van der Waals surface area contributed by atoms with E-state index in [0.29, 0.717) is 17.1 Å². The number of nitrogens with zero attached hydrogens (tertiary/aromatic N) is 3. The molecule has 9 heteroatoms. The Morgan fingerprint density at radius 3 is 2.13 bits per heavy atom. The Morgan fingerprint density at radius 1 is 1.03 bits per heavy atom. The lowest BCUT2D eigenvalue weighted by Gasteiger charge is -2.34. The van der Waals surface area contributed by atoms with E-state index < -0.39 is 22.0 Å². The van der Waals surface area contributed by atoms with Gasteiger partial charge in [-0.2, -0.15) is 0 Å². The third-order valence-corrected chi connectivity index (χ3v) is 6.66. The van der Waals surface area contributed by atoms with Crippen molar-refractivity contribution in [3.8, 4) is 5.75 Å². The predicted molar refractivity (Wildman–Crippen MR) is 125 cm³/mol. The van der Waals surface area contributed by atoms with Gasteiger partial charge in [0.25, 0.3) is 0 Å². The van der Waals surface area contributed by atoms with Crippen LogP contribution < -0.4 is 19.3 Å². The van der Waals surface area contributed by atoms with Gasteiger partial charge in [0.2, 0.25) is 15.9 Å². The maximum Gasteiger partial charge on any atom is 0.247 e. The molecule has 0 aliphatic carbocycles. The molecule has 31 heavy (non-hydrogen) atoms. The minimum absolute atomic E-state index is 0.399. The first-order valence-corrected chi connectivity index (χ1v) is 12.0. The number of rotatable bonds is 7. The van der Waals surface area contributed by atoms with Crippen LogP contribution in [0.1, 0.15) is 6.92 Å². The van der Waals surface area contributed by atoms with Crippen molar-refractivity contribution >= 4 is 33.0 Å². The topological polar surface area (TPSA) is 82.2 Å². The number of hydrogen-bond acceptors (Lipinski definition) is 6. The number of nitrogens with one attached hydrogen (secondary N) is 1. The van der Waals surface area contributed by atoms with Gasteiger partial charge in [-0.25, -0.2) is 8.42 Å². The van der Waals surface area contributed by atoms with E-state index >= 15 is 0 Å². The van der Waals surface area contributed by atoms with E-state index in [1.165, 1.54) is 7.11 Å². The second-order valence-corrected chi connectivity index (χ2v) is 9.62. The second kappa shape index (κ2) is 9.57. The lowest BCUT2D eigenvalue weighted by Crippen LogP contribution is -2.45. The summed E-state index contributed by atoms with van der Waals surface area (Å²) in [6.45, 7) is 5.53. The van der Waals surface area contributed by atoms with Gasteiger partial charge >= 0.3 is 0 Å². The molecule has 168 valence electrons. The van der Waals surface area contributed by atoms with Gasteiger partial charge in [-0.15, -0.1) is 0 Å². The van der Waals surface area contributed by atoms with Crippen LogP contribution in [-0.4, -0.2) is 71.9 Å². The summed E-state index contributed by atoms with van der Waals surface area (Å²) in [5.41, 5.74) is 2.13. The third-order valence-electron chi connectivity index (χ3n) is 5.42. The first kappa shape index (κ1) is 22.9. The Hall–Kier alpha value is -2.78. The number of piperazine rings is 1. The van der Waals surface area contributed by atoms with E-state index in [0.717, 1.165) is 42.4 Å². The first-order valence-electron chi connectivity index (χ1n) is 10.2. The molecule has 1 fully saturated rings. The molecule has 3 rings (SSSR count). The van der Waals surface area contributed by atoms with Crippen molar-refractivity contribution in [1.29, 1.82) is 0 Å². The van der Waals surface area contributed by atoms with Gasteiger partial charge in [0.1, 0.15) is 11.8 Å². The van der Waals surface area contributed by atoms with E-state index in [1.54, 1.807) is 31.2 Å². The van der Waals surface area contributed by atoms with E-state index in [2.05, 4.69) is 22.2 Å². The van der Waals surface area contributed by atoms with Gasteiger partial charge in [0, 0.05) is 37.6 Å². The highest BCUT2D eigenvalue weighted by molar-refractivity contribution is 7.92. The molecule has 2 aromatic rings. The largest absolute Gasteiger partial charge is 0.497 e. The van der Waals surface area contributed by atoms with Crippen molar-refractivity contribution < 1.29 is 17.9 Å². The number of carbonyl (C=O) groups is 1. The first-order chi connectivity index (χ1) is 14.7. The Bertz CT molecular complexity index is 985. The lowest BCUT2D eigenvalue weighted by atomic mass is 10.2. The van der Waals surface area contributed by atoms with Gasteiger partial charge < -0.3 is 19.9 Å². The maximum atomic E-state index is 12.9. The molecule has 2 aromatic carbocycles. The number of ether oxygens (including phenoxy) is 1. The monoisotopic (exact) mass is 446 g/mol. The van der Waals surface area contributed by atoms with Gasteiger partial charge in [-0.05, 0) is 62.5 Å². The van der Waals surface area contributed by atoms with Crippen LogP contribution in [0.5, 0.6) is 5.75 Å². The van der Waals surface area contributed by atoms with E-state index in [-0.39, 0.29) is 0 Å². The zero-order chi connectivity index (χ0) is 22.6. The molecule has 0 spiro atoms.